The van der Waals surface area contributed by atoms with Gasteiger partial charge in [-0.05, 0) is 41.6 Å². The van der Waals surface area contributed by atoms with Gasteiger partial charge in [0.05, 0.1) is 32.3 Å². The molecule has 0 radical (unpaired) electrons. The van der Waals surface area contributed by atoms with Crippen LogP contribution in [-0.2, 0) is 4.79 Å². The first-order chi connectivity index (χ1) is 14.2. The van der Waals surface area contributed by atoms with E-state index in [0.29, 0.717) is 40.4 Å². The first-order valence-electron chi connectivity index (χ1n) is 8.81. The zero-order valence-corrected chi connectivity index (χ0v) is 17.1. The van der Waals surface area contributed by atoms with Gasteiger partial charge >= 0.3 is 0 Å². The van der Waals surface area contributed by atoms with Crippen molar-refractivity contribution in [1.82, 2.24) is 20.2 Å². The van der Waals surface area contributed by atoms with E-state index in [1.807, 2.05) is 31.2 Å². The summed E-state index contributed by atoms with van der Waals surface area (Å²) in [4.78, 5) is 12.5. The van der Waals surface area contributed by atoms with Crippen LogP contribution >= 0.6 is 11.8 Å². The Hall–Kier alpha value is -3.27. The molecule has 10 heteroatoms. The molecule has 1 heterocycles. The number of carbonyl (C=O) groups is 1. The van der Waals surface area contributed by atoms with Gasteiger partial charge in [0.25, 0.3) is 0 Å². The summed E-state index contributed by atoms with van der Waals surface area (Å²) in [6.07, 6.45) is 0. The van der Waals surface area contributed by atoms with Crippen molar-refractivity contribution in [2.75, 3.05) is 31.9 Å². The summed E-state index contributed by atoms with van der Waals surface area (Å²) < 4.78 is 17.7. The Bertz CT molecular complexity index is 979. The number of tetrazole rings is 1. The van der Waals surface area contributed by atoms with Crippen molar-refractivity contribution < 1.29 is 19.0 Å². The molecule has 9 nitrogen and oxygen atoms in total. The van der Waals surface area contributed by atoms with Crippen LogP contribution in [0, 0.1) is 0 Å². The van der Waals surface area contributed by atoms with Crippen LogP contribution in [0.15, 0.2) is 47.6 Å². The third kappa shape index (κ3) is 4.96. The number of nitrogens with one attached hydrogen (secondary N) is 1. The lowest BCUT2D eigenvalue weighted by Gasteiger charge is -2.12. The second kappa shape index (κ2) is 9.78. The number of anilines is 1. The standard InChI is InChI=1S/C19H21N5O4S/c1-4-28-17-8-6-5-7-15(17)24-19(21-22-23-24)29-12-18(25)20-14-11-13(26-2)9-10-16(14)27-3/h5-11H,4,12H2,1-3H3,(H,20,25). The SMILES string of the molecule is CCOc1ccccc1-n1nnnc1SCC(=O)Nc1cc(OC)ccc1OC. The summed E-state index contributed by atoms with van der Waals surface area (Å²) >= 11 is 1.21. The minimum Gasteiger partial charge on any atom is -0.497 e. The number of carbonyl (C=O) groups excluding carboxylic acids is 1. The van der Waals surface area contributed by atoms with Gasteiger partial charge in [-0.3, -0.25) is 4.79 Å². The number of benzene rings is 2. The van der Waals surface area contributed by atoms with Crippen molar-refractivity contribution in [3.05, 3.63) is 42.5 Å². The van der Waals surface area contributed by atoms with Crippen LogP contribution < -0.4 is 19.5 Å². The molecule has 1 aromatic heterocycles. The lowest BCUT2D eigenvalue weighted by molar-refractivity contribution is -0.113. The van der Waals surface area contributed by atoms with Gasteiger partial charge in [0.2, 0.25) is 11.1 Å². The van der Waals surface area contributed by atoms with Crippen molar-refractivity contribution in [1.29, 1.82) is 0 Å². The Morgan fingerprint density at radius 2 is 1.97 bits per heavy atom. The predicted molar refractivity (Wildman–Crippen MR) is 109 cm³/mol. The second-order valence-electron chi connectivity index (χ2n) is 5.68. The lowest BCUT2D eigenvalue weighted by atomic mass is 10.2. The Kier molecular flexibility index (Phi) is 6.90. The smallest absolute Gasteiger partial charge is 0.234 e. The van der Waals surface area contributed by atoms with E-state index in [2.05, 4.69) is 20.8 Å². The number of rotatable bonds is 9. The van der Waals surface area contributed by atoms with Crippen LogP contribution in [0.3, 0.4) is 0 Å². The zero-order chi connectivity index (χ0) is 20.6. The third-order valence-corrected chi connectivity index (χ3v) is 4.77. The Morgan fingerprint density at radius 3 is 2.72 bits per heavy atom. The summed E-state index contributed by atoms with van der Waals surface area (Å²) in [5.74, 6) is 1.70. The fourth-order valence-corrected chi connectivity index (χ4v) is 3.24. The van der Waals surface area contributed by atoms with Crippen molar-refractivity contribution >= 4 is 23.4 Å². The molecule has 0 aliphatic rings. The number of amides is 1. The number of aromatic nitrogens is 4. The first-order valence-corrected chi connectivity index (χ1v) is 9.80. The van der Waals surface area contributed by atoms with Gasteiger partial charge in [0.1, 0.15) is 22.9 Å². The van der Waals surface area contributed by atoms with Gasteiger partial charge < -0.3 is 19.5 Å². The van der Waals surface area contributed by atoms with Gasteiger partial charge in [-0.15, -0.1) is 5.10 Å². The second-order valence-corrected chi connectivity index (χ2v) is 6.62. The van der Waals surface area contributed by atoms with Crippen molar-refractivity contribution in [3.8, 4) is 22.9 Å². The third-order valence-electron chi connectivity index (χ3n) is 3.85. The summed E-state index contributed by atoms with van der Waals surface area (Å²) in [6.45, 7) is 2.43. The fourth-order valence-electron chi connectivity index (χ4n) is 2.56. The van der Waals surface area contributed by atoms with Gasteiger partial charge in [-0.1, -0.05) is 23.9 Å². The molecule has 0 aliphatic carbocycles. The number of hydrogen-bond donors (Lipinski definition) is 1. The lowest BCUT2D eigenvalue weighted by Crippen LogP contribution is -2.15. The van der Waals surface area contributed by atoms with Gasteiger partial charge in [-0.25, -0.2) is 0 Å². The molecule has 0 saturated carbocycles. The maximum absolute atomic E-state index is 12.5. The Balaban J connectivity index is 1.71. The first kappa shape index (κ1) is 20.5. The molecule has 0 spiro atoms. The molecule has 1 N–H and O–H groups in total. The average Bonchev–Trinajstić information content (AvgIpc) is 3.21. The summed E-state index contributed by atoms with van der Waals surface area (Å²) in [5, 5.41) is 15.1. The molecule has 3 aromatic rings. The van der Waals surface area contributed by atoms with E-state index in [4.69, 9.17) is 14.2 Å². The van der Waals surface area contributed by atoms with E-state index in [-0.39, 0.29) is 11.7 Å². The van der Waals surface area contributed by atoms with Crippen molar-refractivity contribution in [2.45, 2.75) is 12.1 Å². The molecule has 2 aromatic carbocycles. The summed E-state index contributed by atoms with van der Waals surface area (Å²) in [6, 6.07) is 12.6. The van der Waals surface area contributed by atoms with E-state index >= 15 is 0 Å². The Labute approximate surface area is 172 Å². The minimum atomic E-state index is -0.228. The van der Waals surface area contributed by atoms with Gasteiger partial charge in [0, 0.05) is 6.07 Å². The highest BCUT2D eigenvalue weighted by Gasteiger charge is 2.16. The Morgan fingerprint density at radius 1 is 1.14 bits per heavy atom. The highest BCUT2D eigenvalue weighted by molar-refractivity contribution is 7.99. The van der Waals surface area contributed by atoms with Crippen molar-refractivity contribution in [2.24, 2.45) is 0 Å². The molecule has 1 amide bonds. The molecule has 0 bridgehead atoms. The minimum absolute atomic E-state index is 0.109. The molecule has 0 saturated heterocycles. The molecule has 0 aliphatic heterocycles. The number of ether oxygens (including phenoxy) is 3. The number of nitrogens with zero attached hydrogens (tertiary/aromatic N) is 4. The quantitative estimate of drug-likeness (QED) is 0.533. The van der Waals surface area contributed by atoms with Crippen LogP contribution in [0.25, 0.3) is 5.69 Å². The molecule has 0 atom stereocenters. The highest BCUT2D eigenvalue weighted by Crippen LogP contribution is 2.30. The number of hydrogen-bond acceptors (Lipinski definition) is 8. The van der Waals surface area contributed by atoms with Crippen molar-refractivity contribution in [3.63, 3.8) is 0 Å². The predicted octanol–water partition coefficient (Wildman–Crippen LogP) is 2.81. The van der Waals surface area contributed by atoms with E-state index < -0.39 is 0 Å². The van der Waals surface area contributed by atoms with E-state index in [1.165, 1.54) is 18.9 Å². The van der Waals surface area contributed by atoms with E-state index in [9.17, 15) is 4.79 Å². The highest BCUT2D eigenvalue weighted by atomic mass is 32.2. The maximum Gasteiger partial charge on any atom is 0.234 e. The normalized spacial score (nSPS) is 10.4. The largest absolute Gasteiger partial charge is 0.497 e. The van der Waals surface area contributed by atoms with Crippen LogP contribution in [0.4, 0.5) is 5.69 Å². The van der Waals surface area contributed by atoms with Gasteiger partial charge in [0.15, 0.2) is 0 Å². The topological polar surface area (TPSA) is 100 Å². The molecule has 0 fully saturated rings. The molecule has 29 heavy (non-hydrogen) atoms. The summed E-state index contributed by atoms with van der Waals surface area (Å²) in [7, 11) is 3.10. The molecule has 152 valence electrons. The zero-order valence-electron chi connectivity index (χ0n) is 16.3. The fraction of sp³-hybridized carbons (Fsp3) is 0.263. The molecule has 3 rings (SSSR count). The molecule has 0 unspecified atom stereocenters. The summed E-state index contributed by atoms with van der Waals surface area (Å²) in [5.41, 5.74) is 1.23. The number of methoxy groups -OCH3 is 2. The van der Waals surface area contributed by atoms with Crippen LogP contribution in [0.5, 0.6) is 17.2 Å². The van der Waals surface area contributed by atoms with Gasteiger partial charge in [-0.2, -0.15) is 4.68 Å². The molecular formula is C19H21N5O4S. The van der Waals surface area contributed by atoms with Crippen LogP contribution in [0.2, 0.25) is 0 Å². The van der Waals surface area contributed by atoms with Crippen LogP contribution in [-0.4, -0.2) is 52.7 Å². The maximum atomic E-state index is 12.5. The number of para-hydroxylation sites is 2. The monoisotopic (exact) mass is 415 g/mol. The molecular weight excluding hydrogens is 394 g/mol. The van der Waals surface area contributed by atoms with E-state index in [1.54, 1.807) is 30.0 Å². The average molecular weight is 415 g/mol. The van der Waals surface area contributed by atoms with E-state index in [0.717, 1.165) is 0 Å². The van der Waals surface area contributed by atoms with Crippen LogP contribution in [0.1, 0.15) is 6.92 Å². The number of thioether (sulfide) groups is 1.